The number of methoxy groups -OCH3 is 6. The second-order valence-corrected chi connectivity index (χ2v) is 12.9. The van der Waals surface area contributed by atoms with Gasteiger partial charge < -0.3 is 42.8 Å². The van der Waals surface area contributed by atoms with Crippen molar-refractivity contribution in [3.63, 3.8) is 0 Å². The van der Waals surface area contributed by atoms with Gasteiger partial charge in [0.1, 0.15) is 36.2 Å². The number of rotatable bonds is 10. The molecule has 3 aromatic carbocycles. The Hall–Kier alpha value is -5.59. The van der Waals surface area contributed by atoms with Crippen molar-refractivity contribution in [2.75, 3.05) is 49.3 Å². The normalized spacial score (nSPS) is 18.4. The highest BCUT2D eigenvalue weighted by molar-refractivity contribution is 5.95. The van der Waals surface area contributed by atoms with Gasteiger partial charge in [-0.3, -0.25) is 9.69 Å². The van der Waals surface area contributed by atoms with Gasteiger partial charge in [-0.15, -0.1) is 0 Å². The Balaban J connectivity index is 1.69. The SMILES string of the molecule is COc1c(C)c(OC)c(OC)c2c1C=C1[C@H]3c4c(c(OC)c(C)c(OC)c4OC)C[C@@H](C(=O)N1[C@@H]2COC(=O)c1ccccc1)N3C(=O)OC(C)C. The number of ether oxygens (including phenoxy) is 8. The molecule has 3 aliphatic heterocycles. The molecule has 0 spiro atoms. The number of esters is 1. The van der Waals surface area contributed by atoms with Gasteiger partial charge >= 0.3 is 12.1 Å². The third kappa shape index (κ3) is 5.49. The van der Waals surface area contributed by atoms with Crippen molar-refractivity contribution in [1.82, 2.24) is 9.80 Å². The molecule has 276 valence electrons. The van der Waals surface area contributed by atoms with Crippen molar-refractivity contribution in [2.24, 2.45) is 0 Å². The molecule has 0 unspecified atom stereocenters. The minimum Gasteiger partial charge on any atom is -0.496 e. The molecule has 3 aliphatic rings. The second kappa shape index (κ2) is 14.2. The van der Waals surface area contributed by atoms with Gasteiger partial charge in [-0.2, -0.15) is 0 Å². The smallest absolute Gasteiger partial charge is 0.411 e. The molecule has 6 rings (SSSR count). The Labute approximate surface area is 302 Å². The average Bonchev–Trinajstić information content (AvgIpc) is 3.14. The van der Waals surface area contributed by atoms with Gasteiger partial charge in [-0.25, -0.2) is 9.59 Å². The van der Waals surface area contributed by atoms with Crippen LogP contribution in [0.25, 0.3) is 6.08 Å². The molecule has 0 radical (unpaired) electrons. The zero-order valence-electron chi connectivity index (χ0n) is 31.1. The van der Waals surface area contributed by atoms with E-state index in [1.54, 1.807) is 62.3 Å². The fourth-order valence-electron chi connectivity index (χ4n) is 7.88. The van der Waals surface area contributed by atoms with Gasteiger partial charge in [0.2, 0.25) is 0 Å². The number of amides is 2. The van der Waals surface area contributed by atoms with E-state index < -0.39 is 42.2 Å². The van der Waals surface area contributed by atoms with Crippen LogP contribution >= 0.6 is 0 Å². The molecular formula is C39H44N2O11. The van der Waals surface area contributed by atoms with Gasteiger partial charge in [-0.1, -0.05) is 18.2 Å². The summed E-state index contributed by atoms with van der Waals surface area (Å²) in [5.41, 5.74) is 4.41. The number of carbonyl (C=O) groups is 3. The first-order chi connectivity index (χ1) is 25.0. The topological polar surface area (TPSA) is 132 Å². The van der Waals surface area contributed by atoms with Crippen molar-refractivity contribution in [3.8, 4) is 34.5 Å². The number of carbonyl (C=O) groups excluding carboxylic acids is 3. The lowest BCUT2D eigenvalue weighted by atomic mass is 9.77. The van der Waals surface area contributed by atoms with E-state index in [4.69, 9.17) is 37.9 Å². The third-order valence-corrected chi connectivity index (χ3v) is 9.85. The molecule has 13 heteroatoms. The van der Waals surface area contributed by atoms with Crippen LogP contribution < -0.4 is 28.4 Å². The number of hydrogen-bond donors (Lipinski definition) is 0. The minimum atomic E-state index is -1.04. The summed E-state index contributed by atoms with van der Waals surface area (Å²) in [7, 11) is 9.18. The zero-order valence-corrected chi connectivity index (χ0v) is 31.1. The predicted octanol–water partition coefficient (Wildman–Crippen LogP) is 5.96. The average molecular weight is 717 g/mol. The van der Waals surface area contributed by atoms with E-state index in [2.05, 4.69) is 0 Å². The molecule has 3 atom stereocenters. The predicted molar refractivity (Wildman–Crippen MR) is 190 cm³/mol. The van der Waals surface area contributed by atoms with Crippen LogP contribution in [0.5, 0.6) is 34.5 Å². The van der Waals surface area contributed by atoms with Gasteiger partial charge in [0.15, 0.2) is 23.0 Å². The summed E-state index contributed by atoms with van der Waals surface area (Å²) in [4.78, 5) is 45.8. The molecule has 3 aromatic rings. The van der Waals surface area contributed by atoms with Gasteiger partial charge in [-0.05, 0) is 45.9 Å². The van der Waals surface area contributed by atoms with Crippen LogP contribution in [0.4, 0.5) is 4.79 Å². The fraction of sp³-hybridized carbons (Fsp3) is 0.410. The molecule has 1 saturated heterocycles. The van der Waals surface area contributed by atoms with E-state index in [0.717, 1.165) is 0 Å². The lowest BCUT2D eigenvalue weighted by molar-refractivity contribution is -0.144. The highest BCUT2D eigenvalue weighted by atomic mass is 16.6. The van der Waals surface area contributed by atoms with Crippen LogP contribution in [-0.4, -0.2) is 89.2 Å². The summed E-state index contributed by atoms with van der Waals surface area (Å²) in [6, 6.07) is 5.65. The number of nitrogens with zero attached hydrogens (tertiary/aromatic N) is 2. The minimum absolute atomic E-state index is 0.0765. The van der Waals surface area contributed by atoms with Crippen molar-refractivity contribution in [3.05, 3.63) is 75.0 Å². The highest BCUT2D eigenvalue weighted by Crippen LogP contribution is 2.59. The summed E-state index contributed by atoms with van der Waals surface area (Å²) < 4.78 is 47.5. The Morgan fingerprint density at radius 2 is 1.33 bits per heavy atom. The van der Waals surface area contributed by atoms with E-state index in [0.29, 0.717) is 79.1 Å². The zero-order chi connectivity index (χ0) is 37.6. The van der Waals surface area contributed by atoms with Crippen LogP contribution in [0.3, 0.4) is 0 Å². The highest BCUT2D eigenvalue weighted by Gasteiger charge is 2.57. The number of benzene rings is 3. The van der Waals surface area contributed by atoms with E-state index >= 15 is 4.79 Å². The monoisotopic (exact) mass is 716 g/mol. The molecule has 1 fully saturated rings. The molecule has 0 N–H and O–H groups in total. The maximum Gasteiger partial charge on any atom is 0.411 e. The lowest BCUT2D eigenvalue weighted by Crippen LogP contribution is -2.63. The van der Waals surface area contributed by atoms with Crippen LogP contribution in [0, 0.1) is 13.8 Å². The van der Waals surface area contributed by atoms with Crippen LogP contribution in [0.15, 0.2) is 36.0 Å². The van der Waals surface area contributed by atoms with Gasteiger partial charge in [0.05, 0.1) is 54.3 Å². The second-order valence-electron chi connectivity index (χ2n) is 12.9. The Bertz CT molecular complexity index is 1960. The first-order valence-electron chi connectivity index (χ1n) is 16.9. The summed E-state index contributed by atoms with van der Waals surface area (Å²) in [5, 5.41) is 0. The molecule has 13 nitrogen and oxygen atoms in total. The van der Waals surface area contributed by atoms with Gasteiger partial charge in [0.25, 0.3) is 5.91 Å². The maximum atomic E-state index is 15.1. The quantitative estimate of drug-likeness (QED) is 0.230. The molecule has 2 amide bonds. The number of piperazine rings is 1. The Kier molecular flexibility index (Phi) is 9.89. The van der Waals surface area contributed by atoms with Crippen LogP contribution in [0.2, 0.25) is 0 Å². The maximum absolute atomic E-state index is 15.1. The summed E-state index contributed by atoms with van der Waals surface area (Å²) >= 11 is 0. The molecular weight excluding hydrogens is 672 g/mol. The van der Waals surface area contributed by atoms with Crippen molar-refractivity contribution in [2.45, 2.75) is 58.3 Å². The molecule has 0 aromatic heterocycles. The Morgan fingerprint density at radius 3 is 1.88 bits per heavy atom. The molecule has 52 heavy (non-hydrogen) atoms. The third-order valence-electron chi connectivity index (χ3n) is 9.85. The number of fused-ring (bicyclic) bond motifs is 7. The first kappa shape index (κ1) is 36.2. The molecule has 0 aliphatic carbocycles. The standard InChI is InChI=1S/C39H44N2O11/c1-19(2)52-39(44)41-26-17-24-29(36(50-10)34(48-8)21(4)32(24)46-6)30(41)25-16-23-28(35(49-9)33(47-7)20(3)31(23)45-5)27(40(25)37(26)42)18-51-38(43)22-14-12-11-13-15-22/h11-16,19,26-27,30H,17-18H2,1-10H3/t26-,27+,30-/m0/s1. The fourth-order valence-corrected chi connectivity index (χ4v) is 7.88. The molecule has 2 bridgehead atoms. The lowest BCUT2D eigenvalue weighted by Gasteiger charge is -2.54. The molecule has 3 heterocycles. The van der Waals surface area contributed by atoms with E-state index in [1.807, 2.05) is 13.8 Å². The summed E-state index contributed by atoms with van der Waals surface area (Å²) in [6.07, 6.45) is 0.724. The van der Waals surface area contributed by atoms with Gasteiger partial charge in [0, 0.05) is 45.5 Å². The number of hydrogen-bond acceptors (Lipinski definition) is 11. The summed E-state index contributed by atoms with van der Waals surface area (Å²) in [5.74, 6) is 1.52. The Morgan fingerprint density at radius 1 is 0.769 bits per heavy atom. The largest absolute Gasteiger partial charge is 0.496 e. The van der Waals surface area contributed by atoms with Crippen molar-refractivity contribution >= 4 is 24.0 Å². The van der Waals surface area contributed by atoms with Crippen LogP contribution in [0.1, 0.15) is 69.7 Å². The van der Waals surface area contributed by atoms with E-state index in [1.165, 1.54) is 40.4 Å². The van der Waals surface area contributed by atoms with E-state index in [-0.39, 0.29) is 13.0 Å². The van der Waals surface area contributed by atoms with Crippen molar-refractivity contribution in [1.29, 1.82) is 0 Å². The first-order valence-corrected chi connectivity index (χ1v) is 16.9. The summed E-state index contributed by atoms with van der Waals surface area (Å²) in [6.45, 7) is 6.91. The van der Waals surface area contributed by atoms with Crippen molar-refractivity contribution < 1.29 is 52.3 Å². The molecule has 0 saturated carbocycles. The van der Waals surface area contributed by atoms with Crippen LogP contribution in [-0.2, 0) is 20.7 Å². The van der Waals surface area contributed by atoms with E-state index in [9.17, 15) is 9.59 Å².